The fourth-order valence-corrected chi connectivity index (χ4v) is 4.90. The van der Waals surface area contributed by atoms with E-state index in [1.54, 1.807) is 12.4 Å². The Kier molecular flexibility index (Phi) is 4.84. The minimum Gasteiger partial charge on any atom is -0.379 e. The summed E-state index contributed by atoms with van der Waals surface area (Å²) in [5.74, 6) is 2.41. The fourth-order valence-electron chi connectivity index (χ4n) is 4.90. The van der Waals surface area contributed by atoms with Crippen LogP contribution in [0.2, 0.25) is 0 Å². The van der Waals surface area contributed by atoms with Crippen molar-refractivity contribution in [2.24, 2.45) is 18.9 Å². The Morgan fingerprint density at radius 1 is 1.14 bits per heavy atom. The van der Waals surface area contributed by atoms with Crippen molar-refractivity contribution in [3.8, 4) is 11.3 Å². The lowest BCUT2D eigenvalue weighted by Gasteiger charge is -2.37. The lowest BCUT2D eigenvalue weighted by atomic mass is 9.77. The number of fused-ring (bicyclic) bond motifs is 1. The summed E-state index contributed by atoms with van der Waals surface area (Å²) < 4.78 is 9.98. The van der Waals surface area contributed by atoms with E-state index in [0.29, 0.717) is 11.8 Å². The van der Waals surface area contributed by atoms with Crippen LogP contribution in [0.1, 0.15) is 24.7 Å². The molecule has 0 spiro atoms. The van der Waals surface area contributed by atoms with Gasteiger partial charge in [-0.1, -0.05) is 5.21 Å². The maximum absolute atomic E-state index is 5.89. The van der Waals surface area contributed by atoms with Crippen LogP contribution in [0, 0.1) is 11.8 Å². The molecule has 1 saturated carbocycles. The van der Waals surface area contributed by atoms with Gasteiger partial charge in [0.15, 0.2) is 0 Å². The Balaban J connectivity index is 1.31. The van der Waals surface area contributed by atoms with Crippen molar-refractivity contribution in [2.45, 2.75) is 31.5 Å². The van der Waals surface area contributed by atoms with Gasteiger partial charge in [0.1, 0.15) is 17.8 Å². The van der Waals surface area contributed by atoms with E-state index in [2.05, 4.69) is 41.8 Å². The molecular weight excluding hydrogens is 368 g/mol. The number of ether oxygens (including phenoxy) is 1. The molecule has 0 amide bonds. The molecule has 0 bridgehead atoms. The summed E-state index contributed by atoms with van der Waals surface area (Å²) in [5, 5.41) is 8.77. The average molecular weight is 394 g/mol. The van der Waals surface area contributed by atoms with Gasteiger partial charge in [0.25, 0.3) is 0 Å². The van der Waals surface area contributed by atoms with Crippen molar-refractivity contribution >= 4 is 0 Å². The molecule has 2 aliphatic rings. The van der Waals surface area contributed by atoms with E-state index in [-0.39, 0.29) is 12.1 Å². The van der Waals surface area contributed by atoms with Crippen LogP contribution in [0.4, 0.5) is 0 Å². The third-order valence-electron chi connectivity index (χ3n) is 6.46. The zero-order valence-electron chi connectivity index (χ0n) is 16.8. The van der Waals surface area contributed by atoms with Gasteiger partial charge in [-0.25, -0.2) is 19.6 Å². The number of rotatable bonds is 5. The molecule has 1 aliphatic carbocycles. The first-order valence-electron chi connectivity index (χ1n) is 10.1. The van der Waals surface area contributed by atoms with E-state index in [9.17, 15) is 0 Å². The number of likely N-dealkylation sites (tertiary alicyclic amines) is 1. The Morgan fingerprint density at radius 3 is 2.66 bits per heavy atom. The largest absolute Gasteiger partial charge is 0.379 e. The summed E-state index contributed by atoms with van der Waals surface area (Å²) in [6.07, 6.45) is 13.2. The van der Waals surface area contributed by atoms with Crippen LogP contribution < -0.4 is 0 Å². The maximum atomic E-state index is 5.89. The van der Waals surface area contributed by atoms with Gasteiger partial charge in [0.2, 0.25) is 0 Å². The van der Waals surface area contributed by atoms with Gasteiger partial charge in [0, 0.05) is 57.6 Å². The summed E-state index contributed by atoms with van der Waals surface area (Å²) in [5.41, 5.74) is 1.67. The van der Waals surface area contributed by atoms with Gasteiger partial charge in [-0.2, -0.15) is 0 Å². The topological polar surface area (TPSA) is 86.8 Å². The summed E-state index contributed by atoms with van der Waals surface area (Å²) in [6, 6.07) is 0.195. The molecule has 1 aliphatic heterocycles. The third-order valence-corrected chi connectivity index (χ3v) is 6.46. The highest BCUT2D eigenvalue weighted by Crippen LogP contribution is 2.42. The number of aromatic nitrogens is 7. The summed E-state index contributed by atoms with van der Waals surface area (Å²) in [6.45, 7) is 3.10. The van der Waals surface area contributed by atoms with Crippen LogP contribution in [0.3, 0.4) is 0 Å². The van der Waals surface area contributed by atoms with Crippen molar-refractivity contribution in [1.82, 2.24) is 39.4 Å². The first kappa shape index (κ1) is 18.4. The molecule has 0 aromatic carbocycles. The number of nitrogens with zero attached hydrogens (tertiary/aromatic N) is 8. The molecule has 0 radical (unpaired) electrons. The van der Waals surface area contributed by atoms with Crippen molar-refractivity contribution in [1.29, 1.82) is 0 Å². The van der Waals surface area contributed by atoms with E-state index in [0.717, 1.165) is 49.6 Å². The molecule has 4 heterocycles. The molecule has 3 aromatic heterocycles. The summed E-state index contributed by atoms with van der Waals surface area (Å²) in [7, 11) is 3.87. The van der Waals surface area contributed by atoms with Crippen molar-refractivity contribution in [3.05, 3.63) is 43.1 Å². The lowest BCUT2D eigenvalue weighted by Crippen LogP contribution is -2.37. The molecule has 9 heteroatoms. The van der Waals surface area contributed by atoms with Crippen LogP contribution in [0.5, 0.6) is 0 Å². The quantitative estimate of drug-likeness (QED) is 0.649. The highest BCUT2D eigenvalue weighted by Gasteiger charge is 2.43. The zero-order valence-corrected chi connectivity index (χ0v) is 16.8. The predicted octanol–water partition coefficient (Wildman–Crippen LogP) is 1.57. The van der Waals surface area contributed by atoms with E-state index in [1.165, 1.54) is 6.33 Å². The first-order valence-corrected chi connectivity index (χ1v) is 10.1. The number of hydrogen-bond donors (Lipinski definition) is 0. The number of imidazole rings is 1. The first-order chi connectivity index (χ1) is 14.2. The van der Waals surface area contributed by atoms with E-state index >= 15 is 0 Å². The number of aryl methyl sites for hydroxylation is 1. The van der Waals surface area contributed by atoms with Crippen molar-refractivity contribution < 1.29 is 4.74 Å². The highest BCUT2D eigenvalue weighted by atomic mass is 16.5. The molecule has 4 atom stereocenters. The summed E-state index contributed by atoms with van der Waals surface area (Å²) >= 11 is 0. The SMILES string of the molecule is CO[C@@H]1C[C@H]2CN(Cc3nccn3C)C[C@H]2C[C@H]1n1cc(-c2cncnc2)nn1. The molecular formula is C20H26N8O. The van der Waals surface area contributed by atoms with Gasteiger partial charge in [-0.3, -0.25) is 4.90 Å². The standard InChI is InChI=1S/C20H26N8O/c1-26-4-3-23-20(26)12-27-9-14-5-18(19(29-2)6-15(14)10-27)28-11-17(24-25-28)16-7-21-13-22-8-16/h3-4,7-8,11,13-15,18-19H,5-6,9-10,12H2,1-2H3/t14-,15+,18-,19-/m1/s1. The molecule has 9 nitrogen and oxygen atoms in total. The zero-order chi connectivity index (χ0) is 19.8. The second-order valence-corrected chi connectivity index (χ2v) is 8.19. The number of hydrogen-bond acceptors (Lipinski definition) is 7. The minimum atomic E-state index is 0.144. The van der Waals surface area contributed by atoms with Gasteiger partial charge < -0.3 is 9.30 Å². The van der Waals surface area contributed by atoms with E-state index in [4.69, 9.17) is 4.74 Å². The van der Waals surface area contributed by atoms with Crippen LogP contribution >= 0.6 is 0 Å². The Hall–Kier alpha value is -2.65. The normalized spacial score (nSPS) is 27.2. The van der Waals surface area contributed by atoms with Crippen LogP contribution in [-0.2, 0) is 18.3 Å². The van der Waals surface area contributed by atoms with Crippen LogP contribution in [0.25, 0.3) is 11.3 Å². The van der Waals surface area contributed by atoms with Gasteiger partial charge in [-0.15, -0.1) is 5.10 Å². The number of methoxy groups -OCH3 is 1. The Bertz CT molecular complexity index is 954. The molecule has 29 heavy (non-hydrogen) atoms. The van der Waals surface area contributed by atoms with Gasteiger partial charge in [0.05, 0.1) is 24.9 Å². The van der Waals surface area contributed by atoms with E-state index < -0.39 is 0 Å². The van der Waals surface area contributed by atoms with Gasteiger partial charge >= 0.3 is 0 Å². The van der Waals surface area contributed by atoms with Crippen molar-refractivity contribution in [2.75, 3.05) is 20.2 Å². The second-order valence-electron chi connectivity index (χ2n) is 8.19. The van der Waals surface area contributed by atoms with Gasteiger partial charge in [-0.05, 0) is 24.7 Å². The van der Waals surface area contributed by atoms with Crippen LogP contribution in [-0.4, -0.2) is 65.7 Å². The molecule has 1 saturated heterocycles. The predicted molar refractivity (Wildman–Crippen MR) is 106 cm³/mol. The summed E-state index contributed by atoms with van der Waals surface area (Å²) in [4.78, 5) is 15.2. The molecule has 3 aromatic rings. The minimum absolute atomic E-state index is 0.144. The Morgan fingerprint density at radius 2 is 1.93 bits per heavy atom. The highest BCUT2D eigenvalue weighted by molar-refractivity contribution is 5.54. The molecule has 152 valence electrons. The average Bonchev–Trinajstić information content (AvgIpc) is 3.47. The smallest absolute Gasteiger partial charge is 0.122 e. The molecule has 0 unspecified atom stereocenters. The lowest BCUT2D eigenvalue weighted by molar-refractivity contribution is -0.00545. The van der Waals surface area contributed by atoms with E-state index in [1.807, 2.05) is 30.4 Å². The van der Waals surface area contributed by atoms with Crippen molar-refractivity contribution in [3.63, 3.8) is 0 Å². The molecule has 2 fully saturated rings. The molecule has 0 N–H and O–H groups in total. The monoisotopic (exact) mass is 394 g/mol. The molecule has 5 rings (SSSR count). The third kappa shape index (κ3) is 3.56. The second kappa shape index (κ2) is 7.64. The maximum Gasteiger partial charge on any atom is 0.122 e. The fraction of sp³-hybridized carbons (Fsp3) is 0.550. The van der Waals surface area contributed by atoms with Crippen LogP contribution in [0.15, 0.2) is 37.3 Å². The Labute approximate surface area is 169 Å².